The van der Waals surface area contributed by atoms with Gasteiger partial charge in [0.15, 0.2) is 5.69 Å². The zero-order valence-corrected chi connectivity index (χ0v) is 38.6. The number of hydrogen-bond acceptors (Lipinski definition) is 7. The minimum atomic E-state index is 0.136. The van der Waals surface area contributed by atoms with Crippen LogP contribution in [0, 0.1) is 6.57 Å². The van der Waals surface area contributed by atoms with Gasteiger partial charge in [-0.2, -0.15) is 5.11 Å². The lowest BCUT2D eigenvalue weighted by atomic mass is 10.0. The van der Waals surface area contributed by atoms with Crippen LogP contribution in [0.4, 0.5) is 17.1 Å². The van der Waals surface area contributed by atoms with Crippen molar-refractivity contribution in [1.82, 2.24) is 9.80 Å². The van der Waals surface area contributed by atoms with Crippen molar-refractivity contribution in [1.29, 1.82) is 0 Å². The predicted molar refractivity (Wildman–Crippen MR) is 262 cm³/mol. The van der Waals surface area contributed by atoms with E-state index in [1.807, 2.05) is 72.8 Å². The monoisotopic (exact) mass is 952 g/mol. The Labute approximate surface area is 398 Å². The van der Waals surface area contributed by atoms with E-state index in [2.05, 4.69) is 88.4 Å². The van der Waals surface area contributed by atoms with Crippen molar-refractivity contribution in [2.75, 3.05) is 55.6 Å². The number of halogens is 6. The molecule has 3 heterocycles. The molecule has 6 aromatic carbocycles. The van der Waals surface area contributed by atoms with Crippen molar-refractivity contribution >= 4 is 92.4 Å². The quantitative estimate of drug-likeness (QED) is 0.136. The summed E-state index contributed by atoms with van der Waals surface area (Å²) in [6.45, 7) is 14.6. The predicted octanol–water partition coefficient (Wildman–Crippen LogP) is 14.1. The Bertz CT molecular complexity index is 2610. The first-order valence-corrected chi connectivity index (χ1v) is 22.7. The van der Waals surface area contributed by atoms with Gasteiger partial charge in [0.25, 0.3) is 0 Å². The molecule has 6 aromatic rings. The van der Waals surface area contributed by atoms with E-state index in [4.69, 9.17) is 76.2 Å². The molecule has 0 unspecified atom stereocenters. The maximum atomic E-state index is 7.12. The summed E-state index contributed by atoms with van der Waals surface area (Å²) < 4.78 is 0. The molecule has 63 heavy (non-hydrogen) atoms. The molecule has 3 aliphatic heterocycles. The molecule has 320 valence electrons. The average molecular weight is 956 g/mol. The van der Waals surface area contributed by atoms with Crippen molar-refractivity contribution in [3.05, 3.63) is 203 Å². The van der Waals surface area contributed by atoms with Crippen LogP contribution in [0.3, 0.4) is 0 Å². The molecule has 0 saturated carbocycles. The minimum Gasteiger partial charge on any atom is -0.361 e. The highest BCUT2D eigenvalue weighted by molar-refractivity contribution is 6.37. The van der Waals surface area contributed by atoms with Gasteiger partial charge in [0.2, 0.25) is 0 Å². The number of benzene rings is 6. The molecule has 2 saturated heterocycles. The first-order chi connectivity index (χ1) is 30.6. The molecule has 0 aromatic heterocycles. The fraction of sp³-hybridized carbons (Fsp3) is 0.224. The summed E-state index contributed by atoms with van der Waals surface area (Å²) in [6.07, 6.45) is 0. The zero-order valence-electron chi connectivity index (χ0n) is 34.1. The van der Waals surface area contributed by atoms with E-state index in [0.717, 1.165) is 85.1 Å². The molecule has 0 bridgehead atoms. The number of anilines is 2. The molecule has 9 rings (SSSR count). The summed E-state index contributed by atoms with van der Waals surface area (Å²) in [4.78, 5) is 13.1. The Morgan fingerprint density at radius 1 is 0.524 bits per heavy atom. The fourth-order valence-electron chi connectivity index (χ4n) is 8.27. The molecule has 0 amide bonds. The summed E-state index contributed by atoms with van der Waals surface area (Å²) in [5, 5.41) is 15.8. The average Bonchev–Trinajstić information content (AvgIpc) is 3.84. The van der Waals surface area contributed by atoms with Crippen LogP contribution in [0.15, 0.2) is 149 Å². The van der Waals surface area contributed by atoms with Crippen molar-refractivity contribution in [2.24, 2.45) is 15.4 Å². The van der Waals surface area contributed by atoms with Crippen molar-refractivity contribution in [3.63, 3.8) is 0 Å². The summed E-state index contributed by atoms with van der Waals surface area (Å²) in [5.41, 5.74) is 9.51. The van der Waals surface area contributed by atoms with E-state index in [-0.39, 0.29) is 12.1 Å². The first kappa shape index (κ1) is 44.9. The van der Waals surface area contributed by atoms with Crippen LogP contribution in [0.5, 0.6) is 0 Å². The molecular weight excluding hydrogens is 913 g/mol. The molecule has 2 atom stereocenters. The highest BCUT2D eigenvalue weighted by atomic mass is 35.5. The molecule has 8 nitrogen and oxygen atoms in total. The van der Waals surface area contributed by atoms with Crippen molar-refractivity contribution < 1.29 is 0 Å². The summed E-state index contributed by atoms with van der Waals surface area (Å²) in [7, 11) is 0. The molecule has 0 aliphatic carbocycles. The summed E-state index contributed by atoms with van der Waals surface area (Å²) in [6, 6.07) is 44.1. The van der Waals surface area contributed by atoms with E-state index >= 15 is 0 Å². The highest BCUT2D eigenvalue weighted by Crippen LogP contribution is 2.39. The van der Waals surface area contributed by atoms with Gasteiger partial charge in [-0.05, 0) is 93.7 Å². The minimum absolute atomic E-state index is 0.136. The maximum absolute atomic E-state index is 7.12. The Hall–Kier alpha value is -4.66. The normalized spacial score (nSPS) is 17.8. The van der Waals surface area contributed by atoms with E-state index < -0.39 is 0 Å². The van der Waals surface area contributed by atoms with Crippen molar-refractivity contribution in [2.45, 2.75) is 25.2 Å². The Balaban J connectivity index is 0.000000174. The lowest BCUT2D eigenvalue weighted by molar-refractivity contribution is 0.215. The second kappa shape index (κ2) is 20.9. The third-order valence-corrected chi connectivity index (χ3v) is 13.1. The lowest BCUT2D eigenvalue weighted by Crippen LogP contribution is -2.48. The molecule has 2 fully saturated rings. The van der Waals surface area contributed by atoms with Gasteiger partial charge in [-0.15, -0.1) is 5.10 Å². The van der Waals surface area contributed by atoms with Gasteiger partial charge in [-0.3, -0.25) is 9.80 Å². The van der Waals surface area contributed by atoms with Gasteiger partial charge < -0.3 is 9.80 Å². The van der Waals surface area contributed by atoms with Gasteiger partial charge in [-0.1, -0.05) is 142 Å². The number of rotatable bonds is 9. The molecule has 0 N–H and O–H groups in total. The van der Waals surface area contributed by atoms with E-state index in [0.29, 0.717) is 32.3 Å². The molecule has 0 spiro atoms. The highest BCUT2D eigenvalue weighted by Gasteiger charge is 2.31. The van der Waals surface area contributed by atoms with Gasteiger partial charge in [0.05, 0.1) is 45.8 Å². The standard InChI is InChI=1S/C25H22Cl3N5.C24H20Cl3N3/c26-20-7-5-19(6-8-20)25-16-32(11-12-33(25)24-10-9-21(27)13-22(24)28)15-17-1-3-18(4-2-17)23-14-29-31-30-23;1-28-21-9-2-17(3-10-21)15-29-12-13-30(23-11-8-20(26)14-22(23)27)24(16-29)18-4-6-19(25)7-5-18/h1-10,13,25H,11-12,14-16H2;2-11,14,24H,12-13,15-16H2/t25-;24-/m00/s1. The van der Waals surface area contributed by atoms with Crippen LogP contribution in [0.1, 0.15) is 39.9 Å². The largest absolute Gasteiger partial charge is 0.361 e. The van der Waals surface area contributed by atoms with Crippen LogP contribution in [-0.2, 0) is 13.1 Å². The van der Waals surface area contributed by atoms with Crippen LogP contribution in [-0.4, -0.2) is 61.3 Å². The zero-order chi connectivity index (χ0) is 43.9. The Kier molecular flexibility index (Phi) is 14.9. The summed E-state index contributed by atoms with van der Waals surface area (Å²) in [5.74, 6) is 0. The van der Waals surface area contributed by atoms with E-state index in [9.17, 15) is 0 Å². The third kappa shape index (κ3) is 11.4. The SMILES string of the molecule is Clc1ccc([C@@H]2CN(Cc3ccc(C4=NN=NC4)cc3)CCN2c2ccc(Cl)cc2Cl)cc1.[C-]#[N+]c1ccc(CN2CCN(c3ccc(Cl)cc3Cl)[C@H](c3ccc(Cl)cc3)C2)cc1. The second-order valence-electron chi connectivity index (χ2n) is 15.6. The summed E-state index contributed by atoms with van der Waals surface area (Å²) >= 11 is 37.7. The van der Waals surface area contributed by atoms with Crippen LogP contribution in [0.25, 0.3) is 4.85 Å². The van der Waals surface area contributed by atoms with Crippen LogP contribution < -0.4 is 9.80 Å². The van der Waals surface area contributed by atoms with E-state index in [1.165, 1.54) is 22.3 Å². The van der Waals surface area contributed by atoms with E-state index in [1.54, 1.807) is 12.1 Å². The van der Waals surface area contributed by atoms with Crippen molar-refractivity contribution in [3.8, 4) is 0 Å². The first-order valence-electron chi connectivity index (χ1n) is 20.5. The number of piperazine rings is 2. The van der Waals surface area contributed by atoms with Gasteiger partial charge in [0, 0.05) is 72.4 Å². The number of nitrogens with zero attached hydrogens (tertiary/aromatic N) is 8. The maximum Gasteiger partial charge on any atom is 0.187 e. The molecule has 0 radical (unpaired) electrons. The smallest absolute Gasteiger partial charge is 0.187 e. The van der Waals surface area contributed by atoms with Gasteiger partial charge >= 0.3 is 0 Å². The third-order valence-electron chi connectivity index (χ3n) is 11.5. The lowest BCUT2D eigenvalue weighted by Gasteiger charge is -2.43. The molecule has 3 aliphatic rings. The fourth-order valence-corrected chi connectivity index (χ4v) is 9.56. The second-order valence-corrected chi connectivity index (χ2v) is 18.2. The number of hydrogen-bond donors (Lipinski definition) is 0. The van der Waals surface area contributed by atoms with Crippen LogP contribution >= 0.6 is 69.6 Å². The van der Waals surface area contributed by atoms with Crippen LogP contribution in [0.2, 0.25) is 30.1 Å². The Morgan fingerprint density at radius 2 is 0.968 bits per heavy atom. The topological polar surface area (TPSA) is 54.4 Å². The van der Waals surface area contributed by atoms with Gasteiger partial charge in [-0.25, -0.2) is 4.85 Å². The molecular formula is C49H42Cl6N8. The molecule has 14 heteroatoms. The Morgan fingerprint density at radius 3 is 1.38 bits per heavy atom. The van der Waals surface area contributed by atoms with Gasteiger partial charge in [0.1, 0.15) is 6.54 Å².